The molecule has 0 bridgehead atoms. The highest BCUT2D eigenvalue weighted by molar-refractivity contribution is 6.30. The van der Waals surface area contributed by atoms with Crippen LogP contribution in [0.5, 0.6) is 11.5 Å². The summed E-state index contributed by atoms with van der Waals surface area (Å²) in [5, 5.41) is 13.8. The zero-order valence-electron chi connectivity index (χ0n) is 16.4. The van der Waals surface area contributed by atoms with Crippen LogP contribution < -0.4 is 15.6 Å². The Morgan fingerprint density at radius 2 is 2.17 bits per heavy atom. The molecular formula is C22H21ClN2O5. The number of amides is 1. The van der Waals surface area contributed by atoms with Crippen LogP contribution in [-0.2, 0) is 4.74 Å². The molecular weight excluding hydrogens is 408 g/mol. The minimum atomic E-state index is -0.330. The number of methoxy groups -OCH3 is 1. The van der Waals surface area contributed by atoms with Crippen LogP contribution in [0.4, 0.5) is 5.69 Å². The molecule has 4 rings (SSSR count). The molecule has 7 nitrogen and oxygen atoms in total. The molecule has 1 saturated heterocycles. The standard InChI is InChI=1S/C22H21ClN2O5/c1-28-19-7-5-14(23)10-18(19)25-22-17(21(27)24-12-16-3-2-8-29-16)9-13-4-6-15(26)11-20(13)30-22/h4-7,9-11,16,26H,2-3,8,12H2,1H3,(H,24,27). The molecule has 2 aromatic carbocycles. The molecule has 8 heteroatoms. The summed E-state index contributed by atoms with van der Waals surface area (Å²) in [5.41, 5.74) is 1.15. The molecule has 1 fully saturated rings. The van der Waals surface area contributed by atoms with Crippen molar-refractivity contribution in [1.29, 1.82) is 0 Å². The monoisotopic (exact) mass is 428 g/mol. The van der Waals surface area contributed by atoms with E-state index in [-0.39, 0.29) is 28.9 Å². The lowest BCUT2D eigenvalue weighted by Gasteiger charge is -2.11. The van der Waals surface area contributed by atoms with Crippen molar-refractivity contribution in [1.82, 2.24) is 5.32 Å². The van der Waals surface area contributed by atoms with Crippen molar-refractivity contribution < 1.29 is 23.8 Å². The van der Waals surface area contributed by atoms with Crippen molar-refractivity contribution in [3.05, 3.63) is 58.6 Å². The van der Waals surface area contributed by atoms with Gasteiger partial charge in [-0.1, -0.05) is 11.6 Å². The number of carbonyl (C=O) groups is 1. The van der Waals surface area contributed by atoms with Gasteiger partial charge in [-0.15, -0.1) is 0 Å². The molecule has 1 aromatic heterocycles. The second kappa shape index (κ2) is 8.77. The van der Waals surface area contributed by atoms with E-state index in [0.717, 1.165) is 12.8 Å². The number of nitrogens with zero attached hydrogens (tertiary/aromatic N) is 1. The van der Waals surface area contributed by atoms with Gasteiger partial charge in [-0.25, -0.2) is 4.99 Å². The average Bonchev–Trinajstić information content (AvgIpc) is 3.25. The van der Waals surface area contributed by atoms with Gasteiger partial charge in [0, 0.05) is 29.6 Å². The highest BCUT2D eigenvalue weighted by Gasteiger charge is 2.19. The third kappa shape index (κ3) is 4.42. The molecule has 0 aliphatic carbocycles. The van der Waals surface area contributed by atoms with Crippen LogP contribution in [0.2, 0.25) is 5.02 Å². The van der Waals surface area contributed by atoms with Crippen molar-refractivity contribution in [2.24, 2.45) is 4.99 Å². The molecule has 1 unspecified atom stereocenters. The first-order chi connectivity index (χ1) is 14.5. The Labute approximate surface area is 177 Å². The Kier molecular flexibility index (Phi) is 5.92. The van der Waals surface area contributed by atoms with Crippen molar-refractivity contribution >= 4 is 34.2 Å². The fourth-order valence-corrected chi connectivity index (χ4v) is 3.49. The summed E-state index contributed by atoms with van der Waals surface area (Å²) in [7, 11) is 1.52. The number of aromatic hydroxyl groups is 1. The van der Waals surface area contributed by atoms with Gasteiger partial charge in [0.05, 0.1) is 13.2 Å². The maximum Gasteiger partial charge on any atom is 0.256 e. The van der Waals surface area contributed by atoms with Gasteiger partial charge in [-0.2, -0.15) is 0 Å². The van der Waals surface area contributed by atoms with E-state index in [9.17, 15) is 9.90 Å². The minimum Gasteiger partial charge on any atom is -0.508 e. The zero-order chi connectivity index (χ0) is 21.1. The molecule has 1 aliphatic rings. The van der Waals surface area contributed by atoms with Gasteiger partial charge in [0.25, 0.3) is 5.91 Å². The smallest absolute Gasteiger partial charge is 0.256 e. The van der Waals surface area contributed by atoms with Crippen LogP contribution in [0.25, 0.3) is 11.0 Å². The van der Waals surface area contributed by atoms with E-state index in [1.54, 1.807) is 30.3 Å². The first-order valence-electron chi connectivity index (χ1n) is 9.58. The van der Waals surface area contributed by atoms with Crippen molar-refractivity contribution in [3.8, 4) is 11.5 Å². The number of halogens is 1. The number of nitrogens with one attached hydrogen (secondary N) is 1. The third-order valence-electron chi connectivity index (χ3n) is 4.86. The quantitative estimate of drug-likeness (QED) is 0.642. The Balaban J connectivity index is 1.80. The van der Waals surface area contributed by atoms with E-state index >= 15 is 0 Å². The van der Waals surface area contributed by atoms with Crippen LogP contribution in [0.3, 0.4) is 0 Å². The first-order valence-corrected chi connectivity index (χ1v) is 9.96. The fraction of sp³-hybridized carbons (Fsp3) is 0.273. The number of rotatable bonds is 5. The predicted octanol–water partition coefficient (Wildman–Crippen LogP) is 3.94. The maximum absolute atomic E-state index is 13.0. The Hall–Kier alpha value is -3.03. The van der Waals surface area contributed by atoms with Crippen LogP contribution in [0.1, 0.15) is 23.2 Å². The number of phenols is 1. The number of fused-ring (bicyclic) bond motifs is 1. The van der Waals surface area contributed by atoms with Crippen molar-refractivity contribution in [2.75, 3.05) is 20.3 Å². The molecule has 30 heavy (non-hydrogen) atoms. The molecule has 0 saturated carbocycles. The highest BCUT2D eigenvalue weighted by atomic mass is 35.5. The van der Waals surface area contributed by atoms with Crippen molar-refractivity contribution in [2.45, 2.75) is 18.9 Å². The summed E-state index contributed by atoms with van der Waals surface area (Å²) in [6.07, 6.45) is 1.92. The van der Waals surface area contributed by atoms with Gasteiger partial charge in [0.2, 0.25) is 5.55 Å². The molecule has 0 radical (unpaired) electrons. The van der Waals surface area contributed by atoms with Crippen LogP contribution in [0.15, 0.2) is 51.9 Å². The van der Waals surface area contributed by atoms with Gasteiger partial charge in [0.15, 0.2) is 0 Å². The van der Waals surface area contributed by atoms with Crippen LogP contribution in [-0.4, -0.2) is 37.4 Å². The highest BCUT2D eigenvalue weighted by Crippen LogP contribution is 2.30. The van der Waals surface area contributed by atoms with Gasteiger partial charge in [0.1, 0.15) is 28.3 Å². The summed E-state index contributed by atoms with van der Waals surface area (Å²) < 4.78 is 16.8. The number of phenolic OH excluding ortho intramolecular Hbond substituents is 1. The lowest BCUT2D eigenvalue weighted by atomic mass is 10.1. The number of benzene rings is 2. The zero-order valence-corrected chi connectivity index (χ0v) is 17.1. The molecule has 1 aliphatic heterocycles. The Morgan fingerprint density at radius 1 is 1.30 bits per heavy atom. The molecule has 1 amide bonds. The largest absolute Gasteiger partial charge is 0.508 e. The average molecular weight is 429 g/mol. The fourth-order valence-electron chi connectivity index (χ4n) is 3.32. The van der Waals surface area contributed by atoms with E-state index in [2.05, 4.69) is 10.3 Å². The van der Waals surface area contributed by atoms with E-state index in [1.807, 2.05) is 0 Å². The normalized spacial score (nSPS) is 16.7. The summed E-state index contributed by atoms with van der Waals surface area (Å²) >= 11 is 6.11. The van der Waals surface area contributed by atoms with Gasteiger partial charge in [-0.3, -0.25) is 4.79 Å². The molecule has 2 heterocycles. The number of hydrogen-bond donors (Lipinski definition) is 2. The second-order valence-corrected chi connectivity index (χ2v) is 7.40. The lowest BCUT2D eigenvalue weighted by Crippen LogP contribution is -2.34. The maximum atomic E-state index is 13.0. The molecule has 1 atom stereocenters. The third-order valence-corrected chi connectivity index (χ3v) is 5.09. The Morgan fingerprint density at radius 3 is 2.93 bits per heavy atom. The second-order valence-electron chi connectivity index (χ2n) is 6.96. The van der Waals surface area contributed by atoms with Crippen molar-refractivity contribution in [3.63, 3.8) is 0 Å². The SMILES string of the molecule is COc1ccc(Cl)cc1N=c1oc2cc(O)ccc2cc1C(=O)NCC1CCCO1. The summed E-state index contributed by atoms with van der Waals surface area (Å²) in [6.45, 7) is 1.12. The van der Waals surface area contributed by atoms with E-state index in [0.29, 0.717) is 40.6 Å². The van der Waals surface area contributed by atoms with E-state index in [4.69, 9.17) is 25.5 Å². The number of carbonyl (C=O) groups excluding carboxylic acids is 1. The van der Waals surface area contributed by atoms with Gasteiger partial charge >= 0.3 is 0 Å². The molecule has 3 aromatic rings. The number of hydrogen-bond acceptors (Lipinski definition) is 6. The minimum absolute atomic E-state index is 0.0108. The summed E-state index contributed by atoms with van der Waals surface area (Å²) in [5.74, 6) is 0.202. The summed E-state index contributed by atoms with van der Waals surface area (Å²) in [6, 6.07) is 11.3. The predicted molar refractivity (Wildman–Crippen MR) is 112 cm³/mol. The van der Waals surface area contributed by atoms with Gasteiger partial charge < -0.3 is 24.3 Å². The first kappa shape index (κ1) is 20.3. The topological polar surface area (TPSA) is 93.3 Å². The number of ether oxygens (including phenoxy) is 2. The van der Waals surface area contributed by atoms with Crippen LogP contribution >= 0.6 is 11.6 Å². The van der Waals surface area contributed by atoms with E-state index < -0.39 is 0 Å². The van der Waals surface area contributed by atoms with E-state index in [1.165, 1.54) is 19.2 Å². The Bertz CT molecular complexity index is 1150. The molecule has 0 spiro atoms. The summed E-state index contributed by atoms with van der Waals surface area (Å²) in [4.78, 5) is 17.5. The van der Waals surface area contributed by atoms with Gasteiger partial charge in [-0.05, 0) is 49.2 Å². The molecule has 2 N–H and O–H groups in total. The molecule has 156 valence electrons. The lowest BCUT2D eigenvalue weighted by molar-refractivity contribution is 0.0854. The van der Waals surface area contributed by atoms with Crippen LogP contribution in [0, 0.1) is 0 Å².